The first-order valence-electron chi connectivity index (χ1n) is 9.33. The van der Waals surface area contributed by atoms with Gasteiger partial charge in [0.05, 0.1) is 0 Å². The molecule has 1 saturated heterocycles. The van der Waals surface area contributed by atoms with E-state index in [0.29, 0.717) is 11.2 Å². The average molecular weight is 296 g/mol. The third-order valence-corrected chi connectivity index (χ3v) is 7.12. The van der Waals surface area contributed by atoms with E-state index >= 15 is 0 Å². The number of benzene rings is 1. The van der Waals surface area contributed by atoms with Crippen molar-refractivity contribution in [3.63, 3.8) is 0 Å². The molecule has 0 amide bonds. The molecule has 2 nitrogen and oxygen atoms in total. The third kappa shape index (κ3) is 1.89. The van der Waals surface area contributed by atoms with Gasteiger partial charge in [0.25, 0.3) is 0 Å². The highest BCUT2D eigenvalue weighted by Gasteiger charge is 2.54. The molecule has 1 aliphatic heterocycles. The van der Waals surface area contributed by atoms with Crippen molar-refractivity contribution >= 4 is 0 Å². The molecule has 1 N–H and O–H groups in total. The summed E-state index contributed by atoms with van der Waals surface area (Å²) in [5, 5.41) is 10.0. The zero-order valence-electron chi connectivity index (χ0n) is 13.4. The van der Waals surface area contributed by atoms with Gasteiger partial charge in [-0.05, 0) is 80.2 Å². The maximum Gasteiger partial charge on any atom is 0.115 e. The van der Waals surface area contributed by atoms with Crippen LogP contribution in [0.4, 0.5) is 0 Å². The summed E-state index contributed by atoms with van der Waals surface area (Å²) < 4.78 is 0. The van der Waals surface area contributed by atoms with Gasteiger partial charge in [0.1, 0.15) is 5.75 Å². The van der Waals surface area contributed by atoms with Crippen molar-refractivity contribution < 1.29 is 5.11 Å². The number of hydrogen-bond donors (Lipinski definition) is 1. The number of piperidine rings is 1. The molecule has 1 aromatic rings. The number of likely N-dealkylation sites (tertiary alicyclic amines) is 1. The summed E-state index contributed by atoms with van der Waals surface area (Å²) in [5.74, 6) is 2.30. The number of fused-ring (bicyclic) bond motifs is 1. The molecule has 4 aliphatic rings. The van der Waals surface area contributed by atoms with E-state index in [9.17, 15) is 5.11 Å². The third-order valence-electron chi connectivity index (χ3n) is 7.12. The molecule has 2 saturated carbocycles. The highest BCUT2D eigenvalue weighted by atomic mass is 16.3. The number of phenols is 1. The standard InChI is InChI=1S/C20H27NO/c22-16-7-6-15-11-19-17-3-1-2-8-20(17,18(15)12-16)9-10-21(19)13-14-4-5-14/h6-7,12,14,17,19,22H,1-5,8-11,13H2/i13-1. The maximum absolute atomic E-state index is 10.0. The van der Waals surface area contributed by atoms with Crippen LogP contribution in [0.25, 0.3) is 0 Å². The molecule has 0 aromatic heterocycles. The average Bonchev–Trinajstić information content (AvgIpc) is 3.35. The van der Waals surface area contributed by atoms with E-state index in [1.807, 2.05) is 6.07 Å². The molecule has 5 rings (SSSR count). The van der Waals surface area contributed by atoms with Crippen LogP contribution in [0.3, 0.4) is 0 Å². The topological polar surface area (TPSA) is 23.5 Å². The second-order valence-corrected chi connectivity index (χ2v) is 8.31. The summed E-state index contributed by atoms with van der Waals surface area (Å²) in [5.41, 5.74) is 3.43. The van der Waals surface area contributed by atoms with Crippen molar-refractivity contribution in [1.29, 1.82) is 0 Å². The lowest BCUT2D eigenvalue weighted by Crippen LogP contribution is -2.61. The van der Waals surface area contributed by atoms with Gasteiger partial charge in [0, 0.05) is 18.0 Å². The Balaban J connectivity index is 1.58. The molecule has 1 aromatic carbocycles. The second kappa shape index (κ2) is 4.74. The second-order valence-electron chi connectivity index (χ2n) is 8.31. The van der Waals surface area contributed by atoms with Crippen LogP contribution in [0.15, 0.2) is 18.2 Å². The number of phenolic OH excluding ortho intramolecular Hbond substituents is 1. The molecule has 2 heteroatoms. The molecular weight excluding hydrogens is 269 g/mol. The summed E-state index contributed by atoms with van der Waals surface area (Å²) in [7, 11) is 0. The first-order valence-corrected chi connectivity index (χ1v) is 9.33. The lowest BCUT2D eigenvalue weighted by atomic mass is 9.51. The molecule has 2 bridgehead atoms. The molecule has 3 aliphatic carbocycles. The van der Waals surface area contributed by atoms with Gasteiger partial charge in [0.2, 0.25) is 0 Å². The Morgan fingerprint density at radius 3 is 2.91 bits per heavy atom. The molecule has 22 heavy (non-hydrogen) atoms. The molecule has 118 valence electrons. The molecule has 3 unspecified atom stereocenters. The van der Waals surface area contributed by atoms with Gasteiger partial charge in [-0.2, -0.15) is 0 Å². The Hall–Kier alpha value is -1.02. The van der Waals surface area contributed by atoms with E-state index in [1.165, 1.54) is 75.6 Å². The van der Waals surface area contributed by atoms with Crippen molar-refractivity contribution in [2.75, 3.05) is 13.1 Å². The SMILES string of the molecule is Oc1ccc2c(c1)C13CCCCC1C(C2)N([11CH2]C1CC1)CC3. The van der Waals surface area contributed by atoms with Crippen LogP contribution < -0.4 is 0 Å². The number of hydrogen-bond acceptors (Lipinski definition) is 2. The van der Waals surface area contributed by atoms with Gasteiger partial charge in [-0.3, -0.25) is 4.90 Å². The highest BCUT2D eigenvalue weighted by molar-refractivity contribution is 5.45. The Morgan fingerprint density at radius 2 is 2.05 bits per heavy atom. The first-order chi connectivity index (χ1) is 10.8. The van der Waals surface area contributed by atoms with Crippen molar-refractivity contribution in [3.8, 4) is 5.75 Å². The van der Waals surface area contributed by atoms with Gasteiger partial charge in [-0.15, -0.1) is 0 Å². The lowest BCUT2D eigenvalue weighted by molar-refractivity contribution is -0.0134. The van der Waals surface area contributed by atoms with Gasteiger partial charge < -0.3 is 5.11 Å². The van der Waals surface area contributed by atoms with Crippen LogP contribution in [0.5, 0.6) is 5.75 Å². The van der Waals surface area contributed by atoms with Crippen LogP contribution in [0, 0.1) is 11.8 Å². The smallest absolute Gasteiger partial charge is 0.115 e. The van der Waals surface area contributed by atoms with E-state index in [4.69, 9.17) is 0 Å². The fraction of sp³-hybridized carbons (Fsp3) is 0.700. The van der Waals surface area contributed by atoms with Gasteiger partial charge >= 0.3 is 0 Å². The lowest BCUT2D eigenvalue weighted by Gasteiger charge is -2.59. The van der Waals surface area contributed by atoms with Crippen molar-refractivity contribution in [3.05, 3.63) is 29.3 Å². The Morgan fingerprint density at radius 1 is 1.14 bits per heavy atom. The zero-order valence-corrected chi connectivity index (χ0v) is 13.4. The summed E-state index contributed by atoms with van der Waals surface area (Å²) in [6.07, 6.45) is 11.0. The summed E-state index contributed by atoms with van der Waals surface area (Å²) in [6, 6.07) is 7.00. The van der Waals surface area contributed by atoms with E-state index < -0.39 is 0 Å². The van der Waals surface area contributed by atoms with Crippen molar-refractivity contribution in [2.24, 2.45) is 11.8 Å². The first kappa shape index (κ1) is 13.4. The Bertz CT molecular complexity index is 593. The van der Waals surface area contributed by atoms with Crippen molar-refractivity contribution in [2.45, 2.75) is 62.8 Å². The Kier molecular flexibility index (Phi) is 2.89. The predicted molar refractivity (Wildman–Crippen MR) is 88.1 cm³/mol. The fourth-order valence-electron chi connectivity index (χ4n) is 5.93. The molecule has 0 radical (unpaired) electrons. The zero-order chi connectivity index (χ0) is 14.7. The van der Waals surface area contributed by atoms with E-state index in [1.54, 1.807) is 0 Å². The minimum Gasteiger partial charge on any atom is -0.508 e. The predicted octanol–water partition coefficient (Wildman–Crippen LogP) is 3.86. The van der Waals surface area contributed by atoms with Crippen LogP contribution in [0.2, 0.25) is 0 Å². The monoisotopic (exact) mass is 296 g/mol. The van der Waals surface area contributed by atoms with Crippen molar-refractivity contribution in [1.82, 2.24) is 4.90 Å². The quantitative estimate of drug-likeness (QED) is 0.896. The van der Waals surface area contributed by atoms with Crippen LogP contribution in [0.1, 0.15) is 56.1 Å². The molecule has 3 fully saturated rings. The minimum absolute atomic E-state index is 0.384. The number of aromatic hydroxyl groups is 1. The molecular formula is C20H27NO. The summed E-state index contributed by atoms with van der Waals surface area (Å²) >= 11 is 0. The fourth-order valence-corrected chi connectivity index (χ4v) is 5.93. The summed E-state index contributed by atoms with van der Waals surface area (Å²) in [4.78, 5) is 2.85. The van der Waals surface area contributed by atoms with Crippen LogP contribution >= 0.6 is 0 Å². The van der Waals surface area contributed by atoms with Gasteiger partial charge in [-0.1, -0.05) is 18.9 Å². The van der Waals surface area contributed by atoms with Crippen LogP contribution in [-0.4, -0.2) is 29.1 Å². The number of rotatable bonds is 2. The van der Waals surface area contributed by atoms with E-state index in [2.05, 4.69) is 17.0 Å². The molecule has 3 atom stereocenters. The van der Waals surface area contributed by atoms with Crippen LogP contribution in [-0.2, 0) is 11.8 Å². The molecule has 0 spiro atoms. The van der Waals surface area contributed by atoms with E-state index in [0.717, 1.165) is 17.9 Å². The summed E-state index contributed by atoms with van der Waals surface area (Å²) in [6.45, 7) is 2.64. The maximum atomic E-state index is 10.0. The van der Waals surface area contributed by atoms with Gasteiger partial charge in [-0.25, -0.2) is 0 Å². The highest BCUT2D eigenvalue weighted by Crippen LogP contribution is 2.56. The Labute approximate surface area is 133 Å². The normalized spacial score (nSPS) is 37.5. The molecule has 1 heterocycles. The van der Waals surface area contributed by atoms with Gasteiger partial charge in [0.15, 0.2) is 0 Å². The number of nitrogens with zero attached hydrogens (tertiary/aromatic N) is 1. The largest absolute Gasteiger partial charge is 0.508 e. The minimum atomic E-state index is 0.384. The van der Waals surface area contributed by atoms with E-state index in [-0.39, 0.29) is 0 Å².